The summed E-state index contributed by atoms with van der Waals surface area (Å²) < 4.78 is 14.1. The normalized spacial score (nSPS) is 24.8. The predicted molar refractivity (Wildman–Crippen MR) is 75.9 cm³/mol. The van der Waals surface area contributed by atoms with Gasteiger partial charge in [-0.25, -0.2) is 4.39 Å². The standard InChI is InChI=1S/C15H23FN2O/c1-4-17-11(2)14-12(16)6-5-7-13(14)18-9-8-15(3,19)10-18/h5-7,11,17,19H,4,8-10H2,1-3H3. The maximum absolute atomic E-state index is 14.1. The van der Waals surface area contributed by atoms with Crippen molar-refractivity contribution in [2.45, 2.75) is 38.8 Å². The lowest BCUT2D eigenvalue weighted by Gasteiger charge is -2.26. The average Bonchev–Trinajstić information content (AvgIpc) is 2.69. The Balaban J connectivity index is 2.33. The molecule has 0 bridgehead atoms. The second kappa shape index (κ2) is 5.47. The van der Waals surface area contributed by atoms with Gasteiger partial charge in [0.1, 0.15) is 5.82 Å². The van der Waals surface area contributed by atoms with Gasteiger partial charge in [0, 0.05) is 30.4 Å². The van der Waals surface area contributed by atoms with Crippen LogP contribution in [0, 0.1) is 5.82 Å². The molecule has 2 atom stereocenters. The number of hydrogen-bond donors (Lipinski definition) is 2. The van der Waals surface area contributed by atoms with Crippen molar-refractivity contribution in [1.29, 1.82) is 0 Å². The third kappa shape index (κ3) is 3.07. The molecule has 1 fully saturated rings. The van der Waals surface area contributed by atoms with Crippen molar-refractivity contribution in [3.05, 3.63) is 29.6 Å². The van der Waals surface area contributed by atoms with Gasteiger partial charge in [0.25, 0.3) is 0 Å². The van der Waals surface area contributed by atoms with Gasteiger partial charge >= 0.3 is 0 Å². The fourth-order valence-electron chi connectivity index (χ4n) is 2.79. The van der Waals surface area contributed by atoms with Crippen LogP contribution in [0.2, 0.25) is 0 Å². The summed E-state index contributed by atoms with van der Waals surface area (Å²) in [5.74, 6) is -0.183. The first-order chi connectivity index (χ1) is 8.94. The molecule has 1 aromatic rings. The van der Waals surface area contributed by atoms with Crippen LogP contribution in [0.3, 0.4) is 0 Å². The summed E-state index contributed by atoms with van der Waals surface area (Å²) in [5, 5.41) is 13.3. The zero-order chi connectivity index (χ0) is 14.0. The molecule has 3 nitrogen and oxygen atoms in total. The van der Waals surface area contributed by atoms with E-state index < -0.39 is 5.60 Å². The van der Waals surface area contributed by atoms with Gasteiger partial charge in [0.05, 0.1) is 5.60 Å². The fraction of sp³-hybridized carbons (Fsp3) is 0.600. The Kier molecular flexibility index (Phi) is 4.11. The lowest BCUT2D eigenvalue weighted by atomic mass is 10.0. The zero-order valence-corrected chi connectivity index (χ0v) is 11.9. The van der Waals surface area contributed by atoms with E-state index >= 15 is 0 Å². The Bertz CT molecular complexity index is 448. The minimum absolute atomic E-state index is 0.0354. The van der Waals surface area contributed by atoms with E-state index in [2.05, 4.69) is 10.2 Å². The first kappa shape index (κ1) is 14.3. The molecule has 1 aliphatic rings. The number of benzene rings is 1. The van der Waals surface area contributed by atoms with Crippen LogP contribution in [0.1, 0.15) is 38.8 Å². The molecule has 2 N–H and O–H groups in total. The summed E-state index contributed by atoms with van der Waals surface area (Å²) in [6, 6.07) is 5.14. The highest BCUT2D eigenvalue weighted by atomic mass is 19.1. The van der Waals surface area contributed by atoms with Crippen molar-refractivity contribution in [3.63, 3.8) is 0 Å². The number of aliphatic hydroxyl groups is 1. The van der Waals surface area contributed by atoms with E-state index in [1.54, 1.807) is 6.07 Å². The molecule has 2 rings (SSSR count). The second-order valence-corrected chi connectivity index (χ2v) is 5.62. The third-order valence-electron chi connectivity index (χ3n) is 3.77. The van der Waals surface area contributed by atoms with Crippen LogP contribution in [0.5, 0.6) is 0 Å². The highest BCUT2D eigenvalue weighted by molar-refractivity contribution is 5.56. The van der Waals surface area contributed by atoms with Gasteiger partial charge < -0.3 is 15.3 Å². The lowest BCUT2D eigenvalue weighted by molar-refractivity contribution is 0.0839. The summed E-state index contributed by atoms with van der Waals surface area (Å²) in [6.45, 7) is 7.94. The van der Waals surface area contributed by atoms with Gasteiger partial charge in [0.15, 0.2) is 0 Å². The Labute approximate surface area is 114 Å². The van der Waals surface area contributed by atoms with Gasteiger partial charge in [-0.3, -0.25) is 0 Å². The minimum Gasteiger partial charge on any atom is -0.388 e. The number of rotatable bonds is 4. The SMILES string of the molecule is CCNC(C)c1c(F)cccc1N1CCC(C)(O)C1. The summed E-state index contributed by atoms with van der Waals surface area (Å²) in [4.78, 5) is 2.08. The molecule has 0 aromatic heterocycles. The number of halogens is 1. The Hall–Kier alpha value is -1.13. The van der Waals surface area contributed by atoms with Gasteiger partial charge in [-0.15, -0.1) is 0 Å². The number of anilines is 1. The summed E-state index contributed by atoms with van der Waals surface area (Å²) in [7, 11) is 0. The van der Waals surface area contributed by atoms with Crippen LogP contribution < -0.4 is 10.2 Å². The van der Waals surface area contributed by atoms with Crippen LogP contribution >= 0.6 is 0 Å². The van der Waals surface area contributed by atoms with Crippen molar-refractivity contribution in [1.82, 2.24) is 5.32 Å². The lowest BCUT2D eigenvalue weighted by Crippen LogP contribution is -2.31. The summed E-state index contributed by atoms with van der Waals surface area (Å²) in [6.07, 6.45) is 0.721. The summed E-state index contributed by atoms with van der Waals surface area (Å²) >= 11 is 0. The highest BCUT2D eigenvalue weighted by Gasteiger charge is 2.33. The maximum atomic E-state index is 14.1. The molecule has 106 valence electrons. The Morgan fingerprint density at radius 1 is 1.53 bits per heavy atom. The van der Waals surface area contributed by atoms with E-state index in [1.165, 1.54) is 6.07 Å². The molecule has 19 heavy (non-hydrogen) atoms. The number of β-amino-alcohol motifs (C(OH)–C–C–N with tert-alkyl or cyclic N) is 1. The van der Waals surface area contributed by atoms with Gasteiger partial charge in [0.2, 0.25) is 0 Å². The van der Waals surface area contributed by atoms with E-state index in [9.17, 15) is 9.50 Å². The van der Waals surface area contributed by atoms with E-state index in [4.69, 9.17) is 0 Å². The Morgan fingerprint density at radius 3 is 2.84 bits per heavy atom. The second-order valence-electron chi connectivity index (χ2n) is 5.62. The molecular formula is C15H23FN2O. The highest BCUT2D eigenvalue weighted by Crippen LogP contribution is 2.33. The monoisotopic (exact) mass is 266 g/mol. The van der Waals surface area contributed by atoms with Crippen LogP contribution in [-0.4, -0.2) is 30.3 Å². The first-order valence-electron chi connectivity index (χ1n) is 6.94. The minimum atomic E-state index is -0.676. The molecule has 1 saturated heterocycles. The fourth-order valence-corrected chi connectivity index (χ4v) is 2.79. The molecule has 1 aliphatic heterocycles. The topological polar surface area (TPSA) is 35.5 Å². The predicted octanol–water partition coefficient (Wildman–Crippen LogP) is 2.46. The first-order valence-corrected chi connectivity index (χ1v) is 6.94. The molecule has 1 heterocycles. The van der Waals surface area contributed by atoms with Crippen molar-refractivity contribution < 1.29 is 9.50 Å². The van der Waals surface area contributed by atoms with Crippen LogP contribution in [0.25, 0.3) is 0 Å². The van der Waals surface area contributed by atoms with Crippen LogP contribution in [-0.2, 0) is 0 Å². The Morgan fingerprint density at radius 2 is 2.26 bits per heavy atom. The van der Waals surface area contributed by atoms with Gasteiger partial charge in [-0.2, -0.15) is 0 Å². The largest absolute Gasteiger partial charge is 0.388 e. The van der Waals surface area contributed by atoms with E-state index in [-0.39, 0.29) is 11.9 Å². The molecule has 0 aliphatic carbocycles. The molecule has 4 heteroatoms. The van der Waals surface area contributed by atoms with Crippen LogP contribution in [0.4, 0.5) is 10.1 Å². The van der Waals surface area contributed by atoms with E-state index in [0.29, 0.717) is 12.1 Å². The van der Waals surface area contributed by atoms with Crippen molar-refractivity contribution in [2.24, 2.45) is 0 Å². The molecule has 0 saturated carbocycles. The number of nitrogens with zero attached hydrogens (tertiary/aromatic N) is 1. The van der Waals surface area contributed by atoms with Crippen molar-refractivity contribution in [3.8, 4) is 0 Å². The number of hydrogen-bond acceptors (Lipinski definition) is 3. The third-order valence-corrected chi connectivity index (χ3v) is 3.77. The van der Waals surface area contributed by atoms with Gasteiger partial charge in [-0.05, 0) is 38.9 Å². The van der Waals surface area contributed by atoms with Crippen molar-refractivity contribution >= 4 is 5.69 Å². The summed E-state index contributed by atoms with van der Waals surface area (Å²) in [5.41, 5.74) is 0.915. The molecular weight excluding hydrogens is 243 g/mol. The molecule has 2 unspecified atom stereocenters. The quantitative estimate of drug-likeness (QED) is 0.878. The smallest absolute Gasteiger partial charge is 0.130 e. The van der Waals surface area contributed by atoms with E-state index in [1.807, 2.05) is 26.8 Å². The molecule has 0 amide bonds. The maximum Gasteiger partial charge on any atom is 0.130 e. The van der Waals surface area contributed by atoms with Crippen LogP contribution in [0.15, 0.2) is 18.2 Å². The zero-order valence-electron chi connectivity index (χ0n) is 11.9. The van der Waals surface area contributed by atoms with E-state index in [0.717, 1.165) is 25.2 Å². The van der Waals surface area contributed by atoms with Crippen molar-refractivity contribution in [2.75, 3.05) is 24.5 Å². The van der Waals surface area contributed by atoms with Gasteiger partial charge in [-0.1, -0.05) is 13.0 Å². The molecule has 1 aromatic carbocycles. The molecule has 0 radical (unpaired) electrons. The number of nitrogens with one attached hydrogen (secondary N) is 1. The molecule has 0 spiro atoms. The average molecular weight is 266 g/mol.